The predicted octanol–water partition coefficient (Wildman–Crippen LogP) is 4.84. The lowest BCUT2D eigenvalue weighted by Crippen LogP contribution is -2.18. The van der Waals surface area contributed by atoms with Crippen molar-refractivity contribution in [3.8, 4) is 0 Å². The Labute approximate surface area is 168 Å². The molecule has 1 aromatic heterocycles. The summed E-state index contributed by atoms with van der Waals surface area (Å²) in [5, 5.41) is 8.69. The number of aryl methyl sites for hydroxylation is 3. The van der Waals surface area contributed by atoms with Crippen LogP contribution >= 0.6 is 11.3 Å². The van der Waals surface area contributed by atoms with E-state index in [1.807, 2.05) is 36.6 Å². The molecule has 1 heterocycles. The van der Waals surface area contributed by atoms with Crippen LogP contribution in [0.15, 0.2) is 53.9 Å². The minimum Gasteiger partial charge on any atom is -0.325 e. The molecule has 0 spiro atoms. The molecule has 2 N–H and O–H groups in total. The van der Waals surface area contributed by atoms with E-state index >= 15 is 0 Å². The predicted molar refractivity (Wildman–Crippen MR) is 114 cm³/mol. The number of nitrogens with one attached hydrogen (secondary N) is 2. The quantitative estimate of drug-likeness (QED) is 0.603. The molecule has 0 unspecified atom stereocenters. The van der Waals surface area contributed by atoms with E-state index in [0.717, 1.165) is 22.8 Å². The Morgan fingerprint density at radius 2 is 1.79 bits per heavy atom. The number of carbonyl (C=O) groups excluding carboxylic acids is 2. The zero-order valence-electron chi connectivity index (χ0n) is 16.0. The van der Waals surface area contributed by atoms with Gasteiger partial charge in [0.25, 0.3) is 5.91 Å². The largest absolute Gasteiger partial charge is 0.325 e. The van der Waals surface area contributed by atoms with Crippen LogP contribution in [-0.4, -0.2) is 16.8 Å². The molecular formula is C22H23N3O2S. The zero-order valence-corrected chi connectivity index (χ0v) is 16.8. The smallest absolute Gasteiger partial charge is 0.257 e. The van der Waals surface area contributed by atoms with Gasteiger partial charge in [-0.2, -0.15) is 0 Å². The molecule has 6 heteroatoms. The molecule has 0 atom stereocenters. The van der Waals surface area contributed by atoms with Crippen LogP contribution in [0.4, 0.5) is 11.4 Å². The molecule has 2 aromatic carbocycles. The normalized spacial score (nSPS) is 10.5. The number of hydrogen-bond acceptors (Lipinski definition) is 4. The number of anilines is 2. The topological polar surface area (TPSA) is 71.1 Å². The van der Waals surface area contributed by atoms with Crippen LogP contribution in [0.2, 0.25) is 0 Å². The Kier molecular flexibility index (Phi) is 6.55. The van der Waals surface area contributed by atoms with Gasteiger partial charge >= 0.3 is 0 Å². The number of hydrogen-bond donors (Lipinski definition) is 2. The molecule has 0 aliphatic rings. The van der Waals surface area contributed by atoms with Crippen molar-refractivity contribution in [1.82, 2.24) is 4.98 Å². The van der Waals surface area contributed by atoms with Crippen molar-refractivity contribution in [3.05, 3.63) is 75.7 Å². The van der Waals surface area contributed by atoms with Crippen LogP contribution in [0.5, 0.6) is 0 Å². The van der Waals surface area contributed by atoms with Crippen LogP contribution in [0.1, 0.15) is 40.0 Å². The Morgan fingerprint density at radius 3 is 2.46 bits per heavy atom. The molecule has 0 saturated heterocycles. The second-order valence-electron chi connectivity index (χ2n) is 6.46. The molecular weight excluding hydrogens is 370 g/mol. The fourth-order valence-electron chi connectivity index (χ4n) is 2.79. The highest BCUT2D eigenvalue weighted by atomic mass is 32.1. The van der Waals surface area contributed by atoms with E-state index in [0.29, 0.717) is 24.1 Å². The van der Waals surface area contributed by atoms with E-state index in [1.54, 1.807) is 35.6 Å². The number of nitrogens with zero attached hydrogens (tertiary/aromatic N) is 1. The minimum absolute atomic E-state index is 0.141. The lowest BCUT2D eigenvalue weighted by molar-refractivity contribution is -0.116. The van der Waals surface area contributed by atoms with Crippen LogP contribution in [0, 0.1) is 6.92 Å². The molecule has 5 nitrogen and oxygen atoms in total. The summed E-state index contributed by atoms with van der Waals surface area (Å²) in [5.41, 5.74) is 3.78. The SMILES string of the molecule is CCc1ccc(NC(=O)c2ccccc2NC(=O)CCc2csc(C)n2)cc1. The number of amides is 2. The lowest BCUT2D eigenvalue weighted by atomic mass is 10.1. The van der Waals surface area contributed by atoms with Gasteiger partial charge in [-0.25, -0.2) is 4.98 Å². The molecule has 2 amide bonds. The lowest BCUT2D eigenvalue weighted by Gasteiger charge is -2.11. The summed E-state index contributed by atoms with van der Waals surface area (Å²) in [6.45, 7) is 4.03. The monoisotopic (exact) mass is 393 g/mol. The third kappa shape index (κ3) is 5.27. The van der Waals surface area contributed by atoms with E-state index in [-0.39, 0.29) is 11.8 Å². The summed E-state index contributed by atoms with van der Waals surface area (Å²) in [5.74, 6) is -0.395. The summed E-state index contributed by atoms with van der Waals surface area (Å²) in [4.78, 5) is 29.4. The van der Waals surface area contributed by atoms with Crippen LogP contribution in [0.3, 0.4) is 0 Å². The molecule has 144 valence electrons. The zero-order chi connectivity index (χ0) is 19.9. The molecule has 0 aliphatic heterocycles. The molecule has 28 heavy (non-hydrogen) atoms. The Morgan fingerprint density at radius 1 is 1.04 bits per heavy atom. The van der Waals surface area contributed by atoms with E-state index in [1.165, 1.54) is 5.56 Å². The maximum atomic E-state index is 12.7. The van der Waals surface area contributed by atoms with Crippen molar-refractivity contribution in [3.63, 3.8) is 0 Å². The summed E-state index contributed by atoms with van der Waals surface area (Å²) < 4.78 is 0. The number of aromatic nitrogens is 1. The minimum atomic E-state index is -0.254. The van der Waals surface area contributed by atoms with Gasteiger partial charge in [0.1, 0.15) is 0 Å². The van der Waals surface area contributed by atoms with E-state index in [9.17, 15) is 9.59 Å². The van der Waals surface area contributed by atoms with Gasteiger partial charge < -0.3 is 10.6 Å². The fraction of sp³-hybridized carbons (Fsp3) is 0.227. The Hall–Kier alpha value is -2.99. The van der Waals surface area contributed by atoms with Crippen molar-refractivity contribution in [1.29, 1.82) is 0 Å². The maximum absolute atomic E-state index is 12.7. The average molecular weight is 394 g/mol. The summed E-state index contributed by atoms with van der Waals surface area (Å²) in [7, 11) is 0. The van der Waals surface area contributed by atoms with Gasteiger partial charge in [0.2, 0.25) is 5.91 Å². The van der Waals surface area contributed by atoms with Crippen molar-refractivity contribution < 1.29 is 9.59 Å². The standard InChI is InChI=1S/C22H23N3O2S/c1-3-16-8-10-17(11-9-16)24-22(27)19-6-4-5-7-20(19)25-21(26)13-12-18-14-28-15(2)23-18/h4-11,14H,3,12-13H2,1-2H3,(H,24,27)(H,25,26). The third-order valence-corrected chi connectivity index (χ3v) is 5.16. The number of para-hydroxylation sites is 1. The first-order valence-electron chi connectivity index (χ1n) is 9.25. The first-order valence-corrected chi connectivity index (χ1v) is 10.1. The summed E-state index contributed by atoms with van der Waals surface area (Å²) in [6.07, 6.45) is 1.84. The number of rotatable bonds is 7. The summed E-state index contributed by atoms with van der Waals surface area (Å²) in [6, 6.07) is 14.8. The number of thiazole rings is 1. The van der Waals surface area contributed by atoms with Crippen molar-refractivity contribution in [2.24, 2.45) is 0 Å². The number of benzene rings is 2. The van der Waals surface area contributed by atoms with Gasteiger partial charge in [-0.3, -0.25) is 9.59 Å². The van der Waals surface area contributed by atoms with Gasteiger partial charge in [0.15, 0.2) is 0 Å². The van der Waals surface area contributed by atoms with Gasteiger partial charge in [0.05, 0.1) is 22.0 Å². The molecule has 3 aromatic rings. The molecule has 0 fully saturated rings. The van der Waals surface area contributed by atoms with Gasteiger partial charge in [-0.15, -0.1) is 11.3 Å². The second-order valence-corrected chi connectivity index (χ2v) is 7.52. The second kappa shape index (κ2) is 9.28. The maximum Gasteiger partial charge on any atom is 0.257 e. The van der Waals surface area contributed by atoms with Crippen molar-refractivity contribution in [2.75, 3.05) is 10.6 Å². The Bertz CT molecular complexity index is 964. The van der Waals surface area contributed by atoms with Gasteiger partial charge in [0, 0.05) is 17.5 Å². The van der Waals surface area contributed by atoms with Gasteiger partial charge in [-0.05, 0) is 49.6 Å². The van der Waals surface area contributed by atoms with E-state index in [2.05, 4.69) is 22.5 Å². The highest BCUT2D eigenvalue weighted by molar-refractivity contribution is 7.09. The fourth-order valence-corrected chi connectivity index (χ4v) is 3.44. The molecule has 0 aliphatic carbocycles. The Balaban J connectivity index is 1.64. The average Bonchev–Trinajstić information content (AvgIpc) is 3.12. The highest BCUT2D eigenvalue weighted by Crippen LogP contribution is 2.19. The van der Waals surface area contributed by atoms with Gasteiger partial charge in [-0.1, -0.05) is 31.2 Å². The van der Waals surface area contributed by atoms with E-state index < -0.39 is 0 Å². The molecule has 3 rings (SSSR count). The van der Waals surface area contributed by atoms with Crippen LogP contribution < -0.4 is 10.6 Å². The molecule has 0 saturated carbocycles. The number of carbonyl (C=O) groups is 2. The summed E-state index contributed by atoms with van der Waals surface area (Å²) >= 11 is 1.57. The first kappa shape index (κ1) is 19.8. The molecule has 0 radical (unpaired) electrons. The third-order valence-electron chi connectivity index (χ3n) is 4.34. The van der Waals surface area contributed by atoms with E-state index in [4.69, 9.17) is 0 Å². The highest BCUT2D eigenvalue weighted by Gasteiger charge is 2.14. The van der Waals surface area contributed by atoms with Crippen LogP contribution in [-0.2, 0) is 17.6 Å². The molecule has 0 bridgehead atoms. The van der Waals surface area contributed by atoms with Crippen molar-refractivity contribution in [2.45, 2.75) is 33.1 Å². The van der Waals surface area contributed by atoms with Crippen molar-refractivity contribution >= 4 is 34.5 Å². The van der Waals surface area contributed by atoms with Crippen LogP contribution in [0.25, 0.3) is 0 Å². The first-order chi connectivity index (χ1) is 13.5.